The number of amides is 2. The van der Waals surface area contributed by atoms with Crippen LogP contribution in [0.5, 0.6) is 11.5 Å². The predicted octanol–water partition coefficient (Wildman–Crippen LogP) is 5.73. The van der Waals surface area contributed by atoms with Crippen LogP contribution < -0.4 is 16.3 Å². The fourth-order valence-electron chi connectivity index (χ4n) is 3.82. The summed E-state index contributed by atoms with van der Waals surface area (Å²) in [6, 6.07) is 14.8. The number of allylic oxidation sites excluding steroid dienone is 8. The number of benzene rings is 2. The average molecular weight is 522 g/mol. The van der Waals surface area contributed by atoms with Gasteiger partial charge in [0.2, 0.25) is 0 Å². The Kier molecular flexibility index (Phi) is 7.09. The first-order chi connectivity index (χ1) is 15.9. The molecule has 2 amide bonds. The Morgan fingerprint density at radius 3 is 1.39 bits per heavy atom. The molecule has 2 aliphatic rings. The molecule has 0 bridgehead atoms. The van der Waals surface area contributed by atoms with Gasteiger partial charge in [0.1, 0.15) is 0 Å². The van der Waals surface area contributed by atoms with Crippen LogP contribution in [0, 0.1) is 0 Å². The van der Waals surface area contributed by atoms with E-state index >= 15 is 0 Å². The van der Waals surface area contributed by atoms with Gasteiger partial charge in [0.25, 0.3) is 0 Å². The van der Waals surface area contributed by atoms with Crippen molar-refractivity contribution in [3.8, 4) is 11.5 Å². The minimum absolute atomic E-state index is 0.118. The number of carbonyl (C=O) groups excluding carboxylic acids is 2. The zero-order chi connectivity index (χ0) is 23.3. The number of hydrogen-bond donors (Lipinski definition) is 2. The molecule has 6 nitrogen and oxygen atoms in total. The normalized spacial score (nSPS) is 14.5. The molecule has 0 radical (unpaired) electrons. The third-order valence-electron chi connectivity index (χ3n) is 5.26. The first kappa shape index (κ1) is 23.0. The molecule has 0 aliphatic heterocycles. The van der Waals surface area contributed by atoms with Crippen molar-refractivity contribution < 1.29 is 36.4 Å². The summed E-state index contributed by atoms with van der Waals surface area (Å²) >= 11 is -4.08. The van der Waals surface area contributed by atoms with E-state index in [9.17, 15) is 9.59 Å². The summed E-state index contributed by atoms with van der Waals surface area (Å²) in [6.07, 6.45) is 14.2. The molecule has 0 saturated carbocycles. The fourth-order valence-corrected chi connectivity index (χ4v) is 12.0. The van der Waals surface area contributed by atoms with E-state index in [0.717, 1.165) is 12.8 Å². The van der Waals surface area contributed by atoms with Crippen LogP contribution in [0.15, 0.2) is 91.5 Å². The summed E-state index contributed by atoms with van der Waals surface area (Å²) in [7, 11) is 0. The molecule has 2 aliphatic carbocycles. The molecule has 0 fully saturated rings. The maximum atomic E-state index is 11.4. The zero-order valence-corrected chi connectivity index (χ0v) is 21.1. The monoisotopic (exact) mass is 520 g/mol. The van der Waals surface area contributed by atoms with Crippen molar-refractivity contribution in [2.75, 3.05) is 10.6 Å². The van der Waals surface area contributed by atoms with Gasteiger partial charge in [-0.05, 0) is 0 Å². The molecule has 2 aromatic rings. The molecule has 2 aromatic carbocycles. The second-order valence-electron chi connectivity index (χ2n) is 7.88. The fraction of sp³-hybridized carbons (Fsp3) is 0.154. The van der Waals surface area contributed by atoms with E-state index in [1.807, 2.05) is 48.5 Å². The first-order valence-corrected chi connectivity index (χ1v) is 15.3. The van der Waals surface area contributed by atoms with Crippen molar-refractivity contribution in [3.05, 3.63) is 91.5 Å². The molecule has 0 heterocycles. The van der Waals surface area contributed by atoms with Crippen molar-refractivity contribution in [2.45, 2.75) is 26.7 Å². The van der Waals surface area contributed by atoms with Crippen LogP contribution in [0.3, 0.4) is 0 Å². The molecule has 0 saturated heterocycles. The molecule has 33 heavy (non-hydrogen) atoms. The van der Waals surface area contributed by atoms with Gasteiger partial charge in [-0.25, -0.2) is 0 Å². The topological polar surface area (TPSA) is 76.7 Å². The van der Waals surface area contributed by atoms with Crippen LogP contribution in [0.1, 0.15) is 26.7 Å². The molecule has 0 aromatic heterocycles. The summed E-state index contributed by atoms with van der Waals surface area (Å²) in [6.45, 7) is 2.96. The number of carbonyl (C=O) groups is 2. The van der Waals surface area contributed by atoms with Gasteiger partial charge in [-0.15, -0.1) is 0 Å². The zero-order valence-electron chi connectivity index (χ0n) is 18.6. The second kappa shape index (κ2) is 10.2. The Morgan fingerprint density at radius 2 is 1.09 bits per heavy atom. The SMILES string of the molecule is CC(=O)Nc1ccc([O][Zr]([O]c2ccc(NC(C)=O)cc2)([C]2=CC=CC2)[C]2=CC=CC2)cc1. The number of rotatable bonds is 8. The third kappa shape index (κ3) is 5.61. The molecular formula is C26H26N2O4Zr. The van der Waals surface area contributed by atoms with Gasteiger partial charge >= 0.3 is 200 Å². The van der Waals surface area contributed by atoms with Gasteiger partial charge in [0, 0.05) is 0 Å². The second-order valence-corrected chi connectivity index (χ2v) is 15.1. The van der Waals surface area contributed by atoms with Crippen LogP contribution >= 0.6 is 0 Å². The number of nitrogens with one attached hydrogen (secondary N) is 2. The summed E-state index contributed by atoms with van der Waals surface area (Å²) in [4.78, 5) is 22.7. The standard InChI is InChI=1S/2C8H9NO2.2C5H5.Zr/c2*1-6(10)9-7-2-4-8(11)5-3-7;2*1-2-4-5-3-1;/h2*2-5,11H,1H3,(H,9,10);2*1-3H,4H2;/q;;;;+2/p-2. The summed E-state index contributed by atoms with van der Waals surface area (Å²) in [5.74, 6) is 1.17. The third-order valence-corrected chi connectivity index (χ3v) is 13.8. The Labute approximate surface area is 199 Å². The van der Waals surface area contributed by atoms with Crippen LogP contribution in [0.2, 0.25) is 0 Å². The maximum absolute atomic E-state index is 11.4. The number of hydrogen-bond acceptors (Lipinski definition) is 4. The Bertz CT molecular complexity index is 1070. The molecule has 0 atom stereocenters. The average Bonchev–Trinajstić information content (AvgIpc) is 3.50. The van der Waals surface area contributed by atoms with Crippen LogP contribution in [0.4, 0.5) is 11.4 Å². The molecule has 2 N–H and O–H groups in total. The molecule has 7 heteroatoms. The van der Waals surface area contributed by atoms with Crippen LogP contribution in [-0.4, -0.2) is 11.8 Å². The Morgan fingerprint density at radius 1 is 0.697 bits per heavy atom. The summed E-state index contributed by atoms with van der Waals surface area (Å²) < 4.78 is 16.0. The van der Waals surface area contributed by atoms with Gasteiger partial charge in [-0.1, -0.05) is 0 Å². The van der Waals surface area contributed by atoms with E-state index in [1.165, 1.54) is 20.4 Å². The predicted molar refractivity (Wildman–Crippen MR) is 126 cm³/mol. The van der Waals surface area contributed by atoms with E-state index in [1.54, 1.807) is 0 Å². The van der Waals surface area contributed by atoms with Gasteiger partial charge in [-0.2, -0.15) is 0 Å². The van der Waals surface area contributed by atoms with Gasteiger partial charge in [0.05, 0.1) is 0 Å². The van der Waals surface area contributed by atoms with Crippen molar-refractivity contribution >= 4 is 23.2 Å². The Balaban J connectivity index is 1.68. The summed E-state index contributed by atoms with van der Waals surface area (Å²) in [5.41, 5.74) is 1.43. The van der Waals surface area contributed by atoms with Crippen LogP contribution in [0.25, 0.3) is 0 Å². The molecule has 0 spiro atoms. The van der Waals surface area contributed by atoms with Gasteiger partial charge in [-0.3, -0.25) is 0 Å². The molecule has 168 valence electrons. The van der Waals surface area contributed by atoms with Gasteiger partial charge in [0.15, 0.2) is 0 Å². The molecule has 0 unspecified atom stereocenters. The van der Waals surface area contributed by atoms with Crippen molar-refractivity contribution in [1.29, 1.82) is 0 Å². The quantitative estimate of drug-likeness (QED) is 0.465. The molecular weight excluding hydrogens is 496 g/mol. The van der Waals surface area contributed by atoms with E-state index in [0.29, 0.717) is 22.9 Å². The van der Waals surface area contributed by atoms with E-state index in [2.05, 4.69) is 47.1 Å². The van der Waals surface area contributed by atoms with E-state index in [4.69, 9.17) is 5.63 Å². The van der Waals surface area contributed by atoms with E-state index < -0.39 is 21.1 Å². The summed E-state index contributed by atoms with van der Waals surface area (Å²) in [5, 5.41) is 5.56. The van der Waals surface area contributed by atoms with Crippen LogP contribution in [-0.2, 0) is 30.7 Å². The van der Waals surface area contributed by atoms with Crippen molar-refractivity contribution in [1.82, 2.24) is 0 Å². The van der Waals surface area contributed by atoms with Crippen molar-refractivity contribution in [3.63, 3.8) is 0 Å². The van der Waals surface area contributed by atoms with E-state index in [-0.39, 0.29) is 11.8 Å². The number of anilines is 2. The molecule has 4 rings (SSSR count). The first-order valence-electron chi connectivity index (χ1n) is 10.8. The minimum atomic E-state index is -4.08. The van der Waals surface area contributed by atoms with Crippen molar-refractivity contribution in [2.24, 2.45) is 0 Å². The van der Waals surface area contributed by atoms with Gasteiger partial charge < -0.3 is 0 Å². The Hall–Kier alpha value is -3.18.